The van der Waals surface area contributed by atoms with Crippen molar-refractivity contribution in [1.29, 1.82) is 0 Å². The van der Waals surface area contributed by atoms with Crippen LogP contribution in [0.5, 0.6) is 0 Å². The van der Waals surface area contributed by atoms with Crippen LogP contribution in [0.25, 0.3) is 0 Å². The Labute approximate surface area is 141 Å². The third-order valence-corrected chi connectivity index (χ3v) is 3.89. The van der Waals surface area contributed by atoms with Gasteiger partial charge >= 0.3 is 0 Å². The molecule has 1 N–H and O–H groups in total. The highest BCUT2D eigenvalue weighted by molar-refractivity contribution is 6.34. The summed E-state index contributed by atoms with van der Waals surface area (Å²) in [7, 11) is 0. The van der Waals surface area contributed by atoms with Gasteiger partial charge < -0.3 is 10.2 Å². The van der Waals surface area contributed by atoms with Gasteiger partial charge in [0.1, 0.15) is 5.82 Å². The molecule has 2 aromatic rings. The van der Waals surface area contributed by atoms with Crippen LogP contribution in [0, 0.1) is 5.82 Å². The van der Waals surface area contributed by atoms with Gasteiger partial charge in [0.05, 0.1) is 16.3 Å². The van der Waals surface area contributed by atoms with Crippen LogP contribution >= 0.6 is 23.2 Å². The Bertz CT molecular complexity index is 758. The molecular formula is C16H11Cl2FN2O2. The number of hydrogen-bond acceptors (Lipinski definition) is 3. The van der Waals surface area contributed by atoms with Crippen molar-refractivity contribution in [3.8, 4) is 0 Å². The summed E-state index contributed by atoms with van der Waals surface area (Å²) >= 11 is 11.8. The molecule has 1 atom stereocenters. The smallest absolute Gasteiger partial charge is 0.268 e. The van der Waals surface area contributed by atoms with Gasteiger partial charge in [0, 0.05) is 17.1 Å². The number of halogens is 3. The Hall–Kier alpha value is -2.11. The van der Waals surface area contributed by atoms with Gasteiger partial charge in [-0.05, 0) is 36.4 Å². The van der Waals surface area contributed by atoms with Gasteiger partial charge in [0.15, 0.2) is 0 Å². The van der Waals surface area contributed by atoms with Crippen LogP contribution in [-0.4, -0.2) is 17.7 Å². The number of benzene rings is 2. The van der Waals surface area contributed by atoms with E-state index < -0.39 is 11.9 Å². The first kappa shape index (κ1) is 15.8. The number of rotatable bonds is 3. The quantitative estimate of drug-likeness (QED) is 0.896. The molecule has 0 spiro atoms. The Morgan fingerprint density at radius 2 is 1.96 bits per heavy atom. The highest BCUT2D eigenvalue weighted by atomic mass is 35.5. The summed E-state index contributed by atoms with van der Waals surface area (Å²) < 4.78 is 13.9. The van der Waals surface area contributed by atoms with Gasteiger partial charge in [-0.3, -0.25) is 4.79 Å². The second kappa shape index (κ2) is 6.56. The molecule has 2 aromatic carbocycles. The number of oxime groups is 1. The summed E-state index contributed by atoms with van der Waals surface area (Å²) in [6.45, 7) is 0. The van der Waals surface area contributed by atoms with E-state index in [1.54, 1.807) is 30.3 Å². The van der Waals surface area contributed by atoms with Crippen LogP contribution in [-0.2, 0) is 9.63 Å². The summed E-state index contributed by atoms with van der Waals surface area (Å²) in [5.41, 5.74) is 1.06. The summed E-state index contributed by atoms with van der Waals surface area (Å²) in [6, 6.07) is 11.0. The second-order valence-electron chi connectivity index (χ2n) is 4.93. The first-order chi connectivity index (χ1) is 11.0. The van der Waals surface area contributed by atoms with Crippen molar-refractivity contribution in [1.82, 2.24) is 0 Å². The normalized spacial score (nSPS) is 16.7. The fourth-order valence-electron chi connectivity index (χ4n) is 2.20. The average Bonchev–Trinajstić information content (AvgIpc) is 2.99. The number of nitrogens with zero attached hydrogens (tertiary/aromatic N) is 1. The third-order valence-electron chi connectivity index (χ3n) is 3.32. The molecule has 1 unspecified atom stereocenters. The first-order valence-electron chi connectivity index (χ1n) is 6.78. The van der Waals surface area contributed by atoms with Crippen LogP contribution in [0.3, 0.4) is 0 Å². The lowest BCUT2D eigenvalue weighted by Gasteiger charge is -2.09. The number of carbonyl (C=O) groups is 1. The number of nitrogens with one attached hydrogen (secondary N) is 1. The van der Waals surface area contributed by atoms with Crippen molar-refractivity contribution >= 4 is 40.5 Å². The Balaban J connectivity index is 1.69. The van der Waals surface area contributed by atoms with E-state index in [1.807, 2.05) is 0 Å². The predicted octanol–water partition coefficient (Wildman–Crippen LogP) is 4.26. The third kappa shape index (κ3) is 3.46. The molecule has 0 saturated heterocycles. The SMILES string of the molecule is O=C(Nc1ccc(Cl)cc1)C1CC(c2c(F)cccc2Cl)=NO1. The van der Waals surface area contributed by atoms with Crippen molar-refractivity contribution in [2.24, 2.45) is 5.16 Å². The fraction of sp³-hybridized carbons (Fsp3) is 0.125. The molecule has 1 heterocycles. The summed E-state index contributed by atoms with van der Waals surface area (Å²) in [5, 5.41) is 7.28. The summed E-state index contributed by atoms with van der Waals surface area (Å²) in [6.07, 6.45) is -0.698. The molecule has 0 fully saturated rings. The van der Waals surface area contributed by atoms with Crippen LogP contribution < -0.4 is 5.32 Å². The van der Waals surface area contributed by atoms with Crippen molar-refractivity contribution < 1.29 is 14.0 Å². The number of hydrogen-bond donors (Lipinski definition) is 1. The van der Waals surface area contributed by atoms with E-state index in [-0.39, 0.29) is 22.9 Å². The zero-order valence-corrected chi connectivity index (χ0v) is 13.2. The van der Waals surface area contributed by atoms with Crippen LogP contribution in [0.2, 0.25) is 10.0 Å². The van der Waals surface area contributed by atoms with E-state index >= 15 is 0 Å². The van der Waals surface area contributed by atoms with Crippen LogP contribution in [0.15, 0.2) is 47.6 Å². The molecule has 1 aliphatic rings. The van der Waals surface area contributed by atoms with Crippen LogP contribution in [0.1, 0.15) is 12.0 Å². The van der Waals surface area contributed by atoms with E-state index in [1.165, 1.54) is 12.1 Å². The van der Waals surface area contributed by atoms with Gasteiger partial charge in [-0.1, -0.05) is 34.4 Å². The number of anilines is 1. The molecule has 118 valence electrons. The summed E-state index contributed by atoms with van der Waals surface area (Å²) in [4.78, 5) is 17.3. The molecular weight excluding hydrogens is 342 g/mol. The molecule has 0 aliphatic carbocycles. The van der Waals surface area contributed by atoms with Gasteiger partial charge in [-0.25, -0.2) is 4.39 Å². The average molecular weight is 353 g/mol. The lowest BCUT2D eigenvalue weighted by Crippen LogP contribution is -2.28. The van der Waals surface area contributed by atoms with Crippen molar-refractivity contribution in [2.45, 2.75) is 12.5 Å². The zero-order chi connectivity index (χ0) is 16.4. The topological polar surface area (TPSA) is 50.7 Å². The molecule has 3 rings (SSSR count). The van der Waals surface area contributed by atoms with E-state index in [9.17, 15) is 9.18 Å². The molecule has 0 bridgehead atoms. The van der Waals surface area contributed by atoms with Gasteiger partial charge in [-0.15, -0.1) is 0 Å². The summed E-state index contributed by atoms with van der Waals surface area (Å²) in [5.74, 6) is -0.878. The first-order valence-corrected chi connectivity index (χ1v) is 7.53. The molecule has 0 aromatic heterocycles. The van der Waals surface area contributed by atoms with Crippen LogP contribution in [0.4, 0.5) is 10.1 Å². The number of amides is 1. The monoisotopic (exact) mass is 352 g/mol. The Morgan fingerprint density at radius 1 is 1.22 bits per heavy atom. The minimum absolute atomic E-state index is 0.139. The molecule has 1 aliphatic heterocycles. The zero-order valence-electron chi connectivity index (χ0n) is 11.7. The highest BCUT2D eigenvalue weighted by Crippen LogP contribution is 2.26. The van der Waals surface area contributed by atoms with E-state index in [0.29, 0.717) is 16.4 Å². The largest absolute Gasteiger partial charge is 0.382 e. The predicted molar refractivity (Wildman–Crippen MR) is 87.5 cm³/mol. The van der Waals surface area contributed by atoms with Crippen molar-refractivity contribution in [3.05, 3.63) is 63.9 Å². The Kier molecular flexibility index (Phi) is 4.50. The van der Waals surface area contributed by atoms with E-state index in [0.717, 1.165) is 0 Å². The highest BCUT2D eigenvalue weighted by Gasteiger charge is 2.31. The number of carbonyl (C=O) groups excluding carboxylic acids is 1. The van der Waals surface area contributed by atoms with Gasteiger partial charge in [0.25, 0.3) is 5.91 Å². The van der Waals surface area contributed by atoms with Crippen molar-refractivity contribution in [2.75, 3.05) is 5.32 Å². The minimum atomic E-state index is -0.837. The van der Waals surface area contributed by atoms with E-state index in [2.05, 4.69) is 10.5 Å². The lowest BCUT2D eigenvalue weighted by atomic mass is 10.0. The maximum absolute atomic E-state index is 13.9. The standard InChI is InChI=1S/C16H11Cl2FN2O2/c17-9-4-6-10(7-5-9)20-16(22)14-8-13(21-23-14)15-11(18)2-1-3-12(15)19/h1-7,14H,8H2,(H,20,22). The fourth-order valence-corrected chi connectivity index (χ4v) is 2.59. The lowest BCUT2D eigenvalue weighted by molar-refractivity contribution is -0.125. The maximum Gasteiger partial charge on any atom is 0.268 e. The molecule has 7 heteroatoms. The van der Waals surface area contributed by atoms with E-state index in [4.69, 9.17) is 28.0 Å². The minimum Gasteiger partial charge on any atom is -0.382 e. The molecule has 0 saturated carbocycles. The van der Waals surface area contributed by atoms with Gasteiger partial charge in [0.2, 0.25) is 6.10 Å². The van der Waals surface area contributed by atoms with Crippen molar-refractivity contribution in [3.63, 3.8) is 0 Å². The molecule has 4 nitrogen and oxygen atoms in total. The second-order valence-corrected chi connectivity index (χ2v) is 5.77. The van der Waals surface area contributed by atoms with Gasteiger partial charge in [-0.2, -0.15) is 0 Å². The molecule has 23 heavy (non-hydrogen) atoms. The molecule has 1 amide bonds. The Morgan fingerprint density at radius 3 is 2.65 bits per heavy atom. The molecule has 0 radical (unpaired) electrons. The maximum atomic E-state index is 13.9.